The van der Waals surface area contributed by atoms with Gasteiger partial charge >= 0.3 is 6.29 Å². The molecular formula is C7H3BrF2O2. The van der Waals surface area contributed by atoms with Gasteiger partial charge in [-0.2, -0.15) is 0 Å². The minimum Gasteiger partial charge on any atom is -0.395 e. The molecule has 5 heteroatoms. The predicted octanol–water partition coefficient (Wildman–Crippen LogP) is 2.77. The molecule has 0 bridgehead atoms. The summed E-state index contributed by atoms with van der Waals surface area (Å²) in [5, 5.41) is 0. The second-order valence-corrected chi connectivity index (χ2v) is 3.03. The van der Waals surface area contributed by atoms with E-state index in [0.29, 0.717) is 4.47 Å². The molecule has 0 saturated carbocycles. The van der Waals surface area contributed by atoms with Gasteiger partial charge in [0, 0.05) is 4.47 Å². The number of rotatable bonds is 0. The van der Waals surface area contributed by atoms with Crippen LogP contribution >= 0.6 is 15.9 Å². The molecule has 0 unspecified atom stereocenters. The lowest BCUT2D eigenvalue weighted by Crippen LogP contribution is -2.25. The van der Waals surface area contributed by atoms with Gasteiger partial charge in [0.1, 0.15) is 0 Å². The van der Waals surface area contributed by atoms with Crippen molar-refractivity contribution in [3.05, 3.63) is 22.6 Å². The number of fused-ring (bicyclic) bond motifs is 1. The highest BCUT2D eigenvalue weighted by atomic mass is 79.9. The summed E-state index contributed by atoms with van der Waals surface area (Å²) < 4.78 is 40.9. The van der Waals surface area contributed by atoms with E-state index in [0.717, 1.165) is 0 Å². The fourth-order valence-corrected chi connectivity index (χ4v) is 1.19. The number of ether oxygens (including phenoxy) is 2. The highest BCUT2D eigenvalue weighted by Crippen LogP contribution is 2.41. The molecular weight excluding hydrogens is 234 g/mol. The van der Waals surface area contributed by atoms with Crippen molar-refractivity contribution in [2.45, 2.75) is 6.29 Å². The summed E-state index contributed by atoms with van der Waals surface area (Å²) in [5.74, 6) is -0.175. The summed E-state index contributed by atoms with van der Waals surface area (Å²) in [7, 11) is 0. The van der Waals surface area contributed by atoms with Gasteiger partial charge in [0.25, 0.3) is 0 Å². The number of hydrogen-bond donors (Lipinski definition) is 0. The molecule has 0 amide bonds. The summed E-state index contributed by atoms with van der Waals surface area (Å²) in [5.41, 5.74) is 0. The van der Waals surface area contributed by atoms with E-state index < -0.39 is 6.29 Å². The third-order valence-electron chi connectivity index (χ3n) is 1.30. The molecule has 1 aliphatic heterocycles. The number of hydrogen-bond acceptors (Lipinski definition) is 2. The maximum Gasteiger partial charge on any atom is 0.586 e. The van der Waals surface area contributed by atoms with Crippen LogP contribution in [0.4, 0.5) is 8.78 Å². The average molecular weight is 238 g/mol. The number of halogens is 3. The van der Waals surface area contributed by atoms with Gasteiger partial charge < -0.3 is 9.47 Å². The van der Waals surface area contributed by atoms with Crippen LogP contribution in [0.15, 0.2) is 22.6 Å². The summed E-state index contributed by atoms with van der Waals surface area (Å²) >= 11 is 3.02. The van der Waals surface area contributed by atoms with Gasteiger partial charge in [-0.05, 0) is 18.2 Å². The van der Waals surface area contributed by atoms with E-state index in [9.17, 15) is 8.78 Å². The van der Waals surface area contributed by atoms with Crippen LogP contribution in [0.5, 0.6) is 11.5 Å². The Balaban J connectivity index is 2.48. The fourth-order valence-electron chi connectivity index (χ4n) is 0.870. The van der Waals surface area contributed by atoms with Crippen LogP contribution in [0.2, 0.25) is 0 Å². The Hall–Kier alpha value is -0.840. The highest BCUT2D eigenvalue weighted by molar-refractivity contribution is 9.10. The van der Waals surface area contributed by atoms with Gasteiger partial charge in [0.2, 0.25) is 0 Å². The van der Waals surface area contributed by atoms with Crippen LogP contribution in [0, 0.1) is 0 Å². The van der Waals surface area contributed by atoms with Crippen LogP contribution < -0.4 is 9.47 Å². The smallest absolute Gasteiger partial charge is 0.395 e. The minimum atomic E-state index is -3.62. The van der Waals surface area contributed by atoms with Crippen molar-refractivity contribution in [3.8, 4) is 11.5 Å². The summed E-state index contributed by atoms with van der Waals surface area (Å²) in [6, 6.07) is 2.51. The topological polar surface area (TPSA) is 18.5 Å². The Morgan fingerprint density at radius 1 is 1.42 bits per heavy atom. The lowest BCUT2D eigenvalue weighted by molar-refractivity contribution is -0.286. The molecule has 0 fully saturated rings. The third kappa shape index (κ3) is 1.24. The zero-order chi connectivity index (χ0) is 9.64. The van der Waals surface area contributed by atoms with Gasteiger partial charge in [-0.3, -0.25) is 0 Å². The van der Waals surface area contributed by atoms with Crippen LogP contribution in [0.1, 0.15) is 1.37 Å². The van der Waals surface area contributed by atoms with Gasteiger partial charge in [0.05, 0.1) is 1.37 Å². The lowest BCUT2D eigenvalue weighted by Gasteiger charge is -2.04. The normalized spacial score (nSPS) is 19.1. The molecule has 0 aromatic heterocycles. The molecule has 2 nitrogen and oxygen atoms in total. The lowest BCUT2D eigenvalue weighted by atomic mass is 10.3. The molecule has 1 aromatic rings. The summed E-state index contributed by atoms with van der Waals surface area (Å²) in [6.45, 7) is 0. The Kier molecular flexibility index (Phi) is 1.29. The first kappa shape index (κ1) is 6.65. The van der Waals surface area contributed by atoms with E-state index in [1.54, 1.807) is 0 Å². The molecule has 0 spiro atoms. The van der Waals surface area contributed by atoms with Crippen LogP contribution in [0.25, 0.3) is 0 Å². The van der Waals surface area contributed by atoms with Crippen LogP contribution in [-0.2, 0) is 0 Å². The zero-order valence-corrected chi connectivity index (χ0v) is 7.19. The highest BCUT2D eigenvalue weighted by Gasteiger charge is 2.43. The van der Waals surface area contributed by atoms with Crippen LogP contribution in [-0.4, -0.2) is 6.29 Å². The molecule has 1 heterocycles. The van der Waals surface area contributed by atoms with Crippen molar-refractivity contribution in [2.75, 3.05) is 0 Å². The van der Waals surface area contributed by atoms with E-state index >= 15 is 0 Å². The van der Waals surface area contributed by atoms with Crippen molar-refractivity contribution >= 4 is 15.9 Å². The van der Waals surface area contributed by atoms with E-state index in [4.69, 9.17) is 1.37 Å². The molecule has 1 aliphatic rings. The average Bonchev–Trinajstić information content (AvgIpc) is 2.24. The standard InChI is InChI=1S/C7H3BrF2O2/c8-4-1-2-5-6(3-4)12-7(9,10)11-5/h1-3H/i1D. The number of alkyl halides is 2. The quantitative estimate of drug-likeness (QED) is 0.691. The first-order chi connectivity index (χ1) is 5.98. The molecule has 1 aromatic carbocycles. The predicted molar refractivity (Wildman–Crippen MR) is 40.3 cm³/mol. The molecule has 64 valence electrons. The van der Waals surface area contributed by atoms with Crippen LogP contribution in [0.3, 0.4) is 0 Å². The molecule has 12 heavy (non-hydrogen) atoms. The van der Waals surface area contributed by atoms with Gasteiger partial charge in [-0.15, -0.1) is 8.78 Å². The zero-order valence-electron chi connectivity index (χ0n) is 6.61. The van der Waals surface area contributed by atoms with Crippen molar-refractivity contribution in [3.63, 3.8) is 0 Å². The Morgan fingerprint density at radius 3 is 2.83 bits per heavy atom. The van der Waals surface area contributed by atoms with Gasteiger partial charge in [-0.25, -0.2) is 0 Å². The molecule has 0 atom stereocenters. The van der Waals surface area contributed by atoms with E-state index in [-0.39, 0.29) is 17.5 Å². The maximum absolute atomic E-state index is 12.5. The molecule has 2 rings (SSSR count). The number of benzene rings is 1. The first-order valence-corrected chi connectivity index (χ1v) is 3.83. The summed E-state index contributed by atoms with van der Waals surface area (Å²) in [4.78, 5) is 0. The van der Waals surface area contributed by atoms with Crippen molar-refractivity contribution in [2.24, 2.45) is 0 Å². The van der Waals surface area contributed by atoms with E-state index in [1.165, 1.54) is 12.1 Å². The molecule has 0 saturated heterocycles. The Bertz CT molecular complexity index is 337. The minimum absolute atomic E-state index is 0.0622. The second kappa shape index (κ2) is 2.32. The Labute approximate surface area is 76.6 Å². The second-order valence-electron chi connectivity index (χ2n) is 2.18. The van der Waals surface area contributed by atoms with Gasteiger partial charge in [0.15, 0.2) is 11.5 Å². The maximum atomic E-state index is 12.5. The fraction of sp³-hybridized carbons (Fsp3) is 0.143. The third-order valence-corrected chi connectivity index (χ3v) is 1.76. The van der Waals surface area contributed by atoms with Gasteiger partial charge in [-0.1, -0.05) is 15.9 Å². The molecule has 0 aliphatic carbocycles. The molecule has 0 N–H and O–H groups in total. The van der Waals surface area contributed by atoms with E-state index in [1.807, 2.05) is 0 Å². The largest absolute Gasteiger partial charge is 0.586 e. The van der Waals surface area contributed by atoms with E-state index in [2.05, 4.69) is 25.4 Å². The summed E-state index contributed by atoms with van der Waals surface area (Å²) in [6.07, 6.45) is -3.62. The van der Waals surface area contributed by atoms with Crippen molar-refractivity contribution in [1.29, 1.82) is 0 Å². The monoisotopic (exact) mass is 237 g/mol. The SMILES string of the molecule is [2H]c1cc2c(cc1Br)OC(F)(F)O2. The first-order valence-electron chi connectivity index (χ1n) is 3.54. The van der Waals surface area contributed by atoms with Crippen molar-refractivity contribution in [1.82, 2.24) is 0 Å². The Morgan fingerprint density at radius 2 is 2.08 bits per heavy atom. The molecule has 0 radical (unpaired) electrons. The van der Waals surface area contributed by atoms with Crippen molar-refractivity contribution < 1.29 is 19.6 Å².